The van der Waals surface area contributed by atoms with Gasteiger partial charge in [-0.1, -0.05) is 17.9 Å². The molecular weight excluding hydrogens is 244 g/mol. The largest absolute Gasteiger partial charge is 0.407 e. The van der Waals surface area contributed by atoms with E-state index >= 15 is 0 Å². The van der Waals surface area contributed by atoms with E-state index in [1.807, 2.05) is 0 Å². The maximum absolute atomic E-state index is 9.50. The summed E-state index contributed by atoms with van der Waals surface area (Å²) >= 11 is 0. The number of rotatable bonds is 5. The quantitative estimate of drug-likeness (QED) is 0.830. The molecule has 0 spiro atoms. The van der Waals surface area contributed by atoms with Crippen LogP contribution < -0.4 is 10.2 Å². The maximum atomic E-state index is 9.50. The summed E-state index contributed by atoms with van der Waals surface area (Å²) in [5.41, 5.74) is 0. The Kier molecular flexibility index (Phi) is 3.98. The van der Waals surface area contributed by atoms with Crippen molar-refractivity contribution in [2.45, 2.75) is 57.2 Å². The lowest BCUT2D eigenvalue weighted by molar-refractivity contribution is 0.250. The van der Waals surface area contributed by atoms with Gasteiger partial charge in [0, 0.05) is 12.6 Å². The van der Waals surface area contributed by atoms with E-state index in [1.165, 1.54) is 19.3 Å². The minimum atomic E-state index is 0.118. The van der Waals surface area contributed by atoms with E-state index in [0.717, 1.165) is 25.8 Å². The van der Waals surface area contributed by atoms with Gasteiger partial charge in [-0.2, -0.15) is 0 Å². The van der Waals surface area contributed by atoms with Crippen LogP contribution in [0.5, 0.6) is 0 Å². The lowest BCUT2D eigenvalue weighted by atomic mass is 10.1. The van der Waals surface area contributed by atoms with Gasteiger partial charge in [0.05, 0.1) is 19.2 Å². The van der Waals surface area contributed by atoms with Crippen LogP contribution in [0.4, 0.5) is 6.01 Å². The van der Waals surface area contributed by atoms with E-state index < -0.39 is 0 Å². The van der Waals surface area contributed by atoms with Gasteiger partial charge in [-0.25, -0.2) is 0 Å². The molecule has 0 amide bonds. The van der Waals surface area contributed by atoms with Gasteiger partial charge in [0.1, 0.15) is 0 Å². The predicted molar refractivity (Wildman–Crippen MR) is 70.8 cm³/mol. The van der Waals surface area contributed by atoms with E-state index in [2.05, 4.69) is 20.4 Å². The summed E-state index contributed by atoms with van der Waals surface area (Å²) in [4.78, 5) is 2.07. The van der Waals surface area contributed by atoms with Crippen molar-refractivity contribution in [1.29, 1.82) is 0 Å². The molecule has 3 rings (SSSR count). The Labute approximate surface area is 113 Å². The van der Waals surface area contributed by atoms with Crippen molar-refractivity contribution >= 4 is 6.01 Å². The molecule has 1 unspecified atom stereocenters. The topological polar surface area (TPSA) is 74.4 Å². The molecule has 1 aliphatic heterocycles. The number of aromatic nitrogens is 2. The fourth-order valence-corrected chi connectivity index (χ4v) is 2.57. The monoisotopic (exact) mass is 266 g/mol. The van der Waals surface area contributed by atoms with Gasteiger partial charge in [0.2, 0.25) is 5.89 Å². The number of anilines is 1. The SMILES string of the molecule is OCC1CCCCCN1c1nnc(CNC2CC2)o1. The molecule has 0 aromatic carbocycles. The summed E-state index contributed by atoms with van der Waals surface area (Å²) < 4.78 is 5.72. The van der Waals surface area contributed by atoms with Crippen LogP contribution in [0.1, 0.15) is 44.4 Å². The van der Waals surface area contributed by atoms with Gasteiger partial charge < -0.3 is 19.7 Å². The second-order valence-electron chi connectivity index (χ2n) is 5.51. The standard InChI is InChI=1S/C13H22N4O2/c18-9-11-4-2-1-3-7-17(11)13-16-15-12(19-13)8-14-10-5-6-10/h10-11,14,18H,1-9H2. The van der Waals surface area contributed by atoms with Crippen molar-refractivity contribution in [3.63, 3.8) is 0 Å². The molecule has 1 aromatic heterocycles. The Morgan fingerprint density at radius 1 is 1.21 bits per heavy atom. The molecule has 1 saturated carbocycles. The van der Waals surface area contributed by atoms with Crippen molar-refractivity contribution < 1.29 is 9.52 Å². The van der Waals surface area contributed by atoms with Crippen LogP contribution in [0.2, 0.25) is 0 Å². The first-order chi connectivity index (χ1) is 9.36. The van der Waals surface area contributed by atoms with Crippen LogP contribution in [0.15, 0.2) is 4.42 Å². The van der Waals surface area contributed by atoms with Gasteiger partial charge in [-0.3, -0.25) is 0 Å². The molecule has 2 heterocycles. The first-order valence-electron chi connectivity index (χ1n) is 7.30. The van der Waals surface area contributed by atoms with Gasteiger partial charge >= 0.3 is 6.01 Å². The van der Waals surface area contributed by atoms with Crippen LogP contribution in [0.3, 0.4) is 0 Å². The molecule has 1 saturated heterocycles. The molecular formula is C13H22N4O2. The van der Waals surface area contributed by atoms with Crippen LogP contribution in [0, 0.1) is 0 Å². The van der Waals surface area contributed by atoms with Crippen molar-refractivity contribution in [3.8, 4) is 0 Å². The van der Waals surface area contributed by atoms with Crippen molar-refractivity contribution in [2.24, 2.45) is 0 Å². The smallest absolute Gasteiger partial charge is 0.318 e. The third-order valence-corrected chi connectivity index (χ3v) is 3.91. The number of hydrogen-bond acceptors (Lipinski definition) is 6. The zero-order valence-electron chi connectivity index (χ0n) is 11.2. The molecule has 1 aromatic rings. The Morgan fingerprint density at radius 2 is 2.11 bits per heavy atom. The summed E-state index contributed by atoms with van der Waals surface area (Å²) in [6.07, 6.45) is 6.98. The first-order valence-corrected chi connectivity index (χ1v) is 7.30. The minimum Gasteiger partial charge on any atom is -0.407 e. The molecule has 2 N–H and O–H groups in total. The molecule has 2 fully saturated rings. The van der Waals surface area contributed by atoms with Crippen LogP contribution in [0.25, 0.3) is 0 Å². The molecule has 19 heavy (non-hydrogen) atoms. The lowest BCUT2D eigenvalue weighted by Gasteiger charge is -2.26. The minimum absolute atomic E-state index is 0.118. The van der Waals surface area contributed by atoms with Crippen LogP contribution >= 0.6 is 0 Å². The van der Waals surface area contributed by atoms with Gasteiger partial charge in [-0.15, -0.1) is 5.10 Å². The van der Waals surface area contributed by atoms with Gasteiger partial charge in [-0.05, 0) is 25.7 Å². The summed E-state index contributed by atoms with van der Waals surface area (Å²) in [5, 5.41) is 21.1. The molecule has 1 aliphatic carbocycles. The highest BCUT2D eigenvalue weighted by Gasteiger charge is 2.25. The maximum Gasteiger partial charge on any atom is 0.318 e. The normalized spacial score (nSPS) is 24.5. The number of hydrogen-bond donors (Lipinski definition) is 2. The zero-order chi connectivity index (χ0) is 13.1. The molecule has 6 heteroatoms. The van der Waals surface area contributed by atoms with Crippen LogP contribution in [-0.4, -0.2) is 40.5 Å². The third-order valence-electron chi connectivity index (χ3n) is 3.91. The first kappa shape index (κ1) is 12.9. The number of aliphatic hydroxyl groups is 1. The molecule has 2 aliphatic rings. The van der Waals surface area contributed by atoms with Crippen molar-refractivity contribution in [3.05, 3.63) is 5.89 Å². The Balaban J connectivity index is 1.64. The van der Waals surface area contributed by atoms with Crippen molar-refractivity contribution in [2.75, 3.05) is 18.1 Å². The Morgan fingerprint density at radius 3 is 2.89 bits per heavy atom. The van der Waals surface area contributed by atoms with Gasteiger partial charge in [0.15, 0.2) is 0 Å². The zero-order valence-corrected chi connectivity index (χ0v) is 11.2. The fraction of sp³-hybridized carbons (Fsp3) is 0.846. The second kappa shape index (κ2) is 5.88. The highest BCUT2D eigenvalue weighted by Crippen LogP contribution is 2.23. The summed E-state index contributed by atoms with van der Waals surface area (Å²) in [6.45, 7) is 1.69. The summed E-state index contributed by atoms with van der Waals surface area (Å²) in [6, 6.07) is 1.32. The average Bonchev–Trinajstić information content (AvgIpc) is 3.19. The van der Waals surface area contributed by atoms with Crippen molar-refractivity contribution in [1.82, 2.24) is 15.5 Å². The van der Waals surface area contributed by atoms with Crippen LogP contribution in [-0.2, 0) is 6.54 Å². The van der Waals surface area contributed by atoms with E-state index in [1.54, 1.807) is 0 Å². The third kappa shape index (κ3) is 3.25. The molecule has 6 nitrogen and oxygen atoms in total. The second-order valence-corrected chi connectivity index (χ2v) is 5.51. The fourth-order valence-electron chi connectivity index (χ4n) is 2.57. The van der Waals surface area contributed by atoms with E-state index in [-0.39, 0.29) is 12.6 Å². The number of nitrogens with one attached hydrogen (secondary N) is 1. The predicted octanol–water partition coefficient (Wildman–Crippen LogP) is 1.06. The van der Waals surface area contributed by atoms with E-state index in [4.69, 9.17) is 4.42 Å². The Bertz CT molecular complexity index is 405. The Hall–Kier alpha value is -1.14. The lowest BCUT2D eigenvalue weighted by Crippen LogP contribution is -2.37. The number of aliphatic hydroxyl groups excluding tert-OH is 1. The molecule has 1 atom stereocenters. The van der Waals surface area contributed by atoms with E-state index in [9.17, 15) is 5.11 Å². The average molecular weight is 266 g/mol. The summed E-state index contributed by atoms with van der Waals surface area (Å²) in [7, 11) is 0. The van der Waals surface area contributed by atoms with Gasteiger partial charge in [0.25, 0.3) is 0 Å². The highest BCUT2D eigenvalue weighted by atomic mass is 16.4. The molecule has 106 valence electrons. The van der Waals surface area contributed by atoms with E-state index in [0.29, 0.717) is 24.5 Å². The highest BCUT2D eigenvalue weighted by molar-refractivity contribution is 5.27. The number of nitrogens with zero attached hydrogens (tertiary/aromatic N) is 3. The molecule has 0 bridgehead atoms. The summed E-state index contributed by atoms with van der Waals surface area (Å²) in [5.74, 6) is 0.642. The molecule has 0 radical (unpaired) electrons.